The Hall–Kier alpha value is -1.62. The summed E-state index contributed by atoms with van der Waals surface area (Å²) in [5.74, 6) is 1.23. The first-order valence-electron chi connectivity index (χ1n) is 7.54. The molecule has 124 valence electrons. The van der Waals surface area contributed by atoms with Crippen LogP contribution in [0.2, 0.25) is 5.02 Å². The Labute approximate surface area is 137 Å². The molecule has 0 saturated heterocycles. The number of hydrogen-bond acceptors (Lipinski definition) is 4. The van der Waals surface area contributed by atoms with Crippen LogP contribution in [0.5, 0.6) is 11.5 Å². The van der Waals surface area contributed by atoms with Crippen molar-refractivity contribution in [3.05, 3.63) is 17.2 Å². The van der Waals surface area contributed by atoms with E-state index >= 15 is 0 Å². The van der Waals surface area contributed by atoms with E-state index < -0.39 is 0 Å². The van der Waals surface area contributed by atoms with Crippen molar-refractivity contribution in [1.29, 1.82) is 0 Å². The molecule has 0 fully saturated rings. The summed E-state index contributed by atoms with van der Waals surface area (Å²) in [6.07, 6.45) is 3.72. The van der Waals surface area contributed by atoms with Crippen LogP contribution in [0.1, 0.15) is 32.6 Å². The summed E-state index contributed by atoms with van der Waals surface area (Å²) in [5.41, 5.74) is 0.752. The van der Waals surface area contributed by atoms with Crippen molar-refractivity contribution in [2.24, 2.45) is 0 Å². The molecular formula is C16H25ClN2O3. The van der Waals surface area contributed by atoms with Gasteiger partial charge >= 0.3 is 0 Å². The van der Waals surface area contributed by atoms with Gasteiger partial charge in [-0.15, -0.1) is 0 Å². The van der Waals surface area contributed by atoms with E-state index in [9.17, 15) is 4.79 Å². The quantitative estimate of drug-likeness (QED) is 0.646. The third-order valence-electron chi connectivity index (χ3n) is 3.24. The van der Waals surface area contributed by atoms with Gasteiger partial charge in [-0.1, -0.05) is 31.4 Å². The molecule has 1 rings (SSSR count). The molecule has 2 N–H and O–H groups in total. The molecule has 0 heterocycles. The first kappa shape index (κ1) is 18.4. The van der Waals surface area contributed by atoms with Gasteiger partial charge in [0.1, 0.15) is 11.5 Å². The fourth-order valence-electron chi connectivity index (χ4n) is 2.00. The van der Waals surface area contributed by atoms with Crippen LogP contribution in [0.4, 0.5) is 5.69 Å². The monoisotopic (exact) mass is 328 g/mol. The highest BCUT2D eigenvalue weighted by Crippen LogP contribution is 2.35. The number of halogens is 1. The first-order valence-corrected chi connectivity index (χ1v) is 7.92. The molecule has 1 amide bonds. The minimum absolute atomic E-state index is 0.0449. The molecule has 0 aliphatic rings. The third-order valence-corrected chi connectivity index (χ3v) is 3.54. The van der Waals surface area contributed by atoms with Crippen molar-refractivity contribution in [2.75, 3.05) is 32.6 Å². The second kappa shape index (κ2) is 10.2. The molecule has 0 saturated carbocycles. The summed E-state index contributed by atoms with van der Waals surface area (Å²) in [6.45, 7) is 3.39. The summed E-state index contributed by atoms with van der Waals surface area (Å²) in [7, 11) is 3.13. The van der Waals surface area contributed by atoms with E-state index in [1.807, 2.05) is 0 Å². The van der Waals surface area contributed by atoms with Crippen LogP contribution in [0.3, 0.4) is 0 Å². The van der Waals surface area contributed by atoms with E-state index in [0.29, 0.717) is 29.5 Å². The zero-order valence-electron chi connectivity index (χ0n) is 13.5. The van der Waals surface area contributed by atoms with Crippen molar-refractivity contribution in [3.63, 3.8) is 0 Å². The van der Waals surface area contributed by atoms with Gasteiger partial charge in [0.2, 0.25) is 5.91 Å². The zero-order valence-corrected chi connectivity index (χ0v) is 14.3. The van der Waals surface area contributed by atoms with Crippen molar-refractivity contribution in [1.82, 2.24) is 5.32 Å². The lowest BCUT2D eigenvalue weighted by molar-refractivity contribution is -0.120. The van der Waals surface area contributed by atoms with E-state index in [1.54, 1.807) is 26.4 Å². The molecular weight excluding hydrogens is 304 g/mol. The van der Waals surface area contributed by atoms with Crippen LogP contribution in [0.15, 0.2) is 12.1 Å². The normalized spacial score (nSPS) is 10.2. The molecule has 0 spiro atoms. The maximum absolute atomic E-state index is 11.7. The van der Waals surface area contributed by atoms with E-state index in [1.165, 1.54) is 0 Å². The number of carbonyl (C=O) groups excluding carboxylic acids is 1. The number of amides is 1. The number of anilines is 1. The van der Waals surface area contributed by atoms with E-state index in [0.717, 1.165) is 31.5 Å². The number of carbonyl (C=O) groups is 1. The van der Waals surface area contributed by atoms with Gasteiger partial charge in [-0.2, -0.15) is 0 Å². The second-order valence-electron chi connectivity index (χ2n) is 4.92. The van der Waals surface area contributed by atoms with Gasteiger partial charge in [0, 0.05) is 31.6 Å². The van der Waals surface area contributed by atoms with Crippen molar-refractivity contribution in [3.8, 4) is 11.5 Å². The maximum Gasteiger partial charge on any atom is 0.221 e. The molecule has 0 bridgehead atoms. The van der Waals surface area contributed by atoms with E-state index in [-0.39, 0.29) is 5.91 Å². The molecule has 1 aromatic carbocycles. The number of benzene rings is 1. The Morgan fingerprint density at radius 1 is 1.14 bits per heavy atom. The lowest BCUT2D eigenvalue weighted by Crippen LogP contribution is -2.26. The van der Waals surface area contributed by atoms with Crippen LogP contribution in [-0.2, 0) is 4.79 Å². The average molecular weight is 329 g/mol. The van der Waals surface area contributed by atoms with Gasteiger partial charge in [-0.05, 0) is 6.42 Å². The van der Waals surface area contributed by atoms with Crippen LogP contribution in [0, 0.1) is 0 Å². The smallest absolute Gasteiger partial charge is 0.221 e. The Morgan fingerprint density at radius 3 is 2.50 bits per heavy atom. The summed E-state index contributed by atoms with van der Waals surface area (Å²) < 4.78 is 10.5. The summed E-state index contributed by atoms with van der Waals surface area (Å²) in [6, 6.07) is 3.45. The van der Waals surface area contributed by atoms with Gasteiger partial charge in [0.05, 0.1) is 24.9 Å². The van der Waals surface area contributed by atoms with Gasteiger partial charge in [-0.3, -0.25) is 4.79 Å². The molecule has 0 radical (unpaired) electrons. The molecule has 0 unspecified atom stereocenters. The number of unbranched alkanes of at least 4 members (excludes halogenated alkanes) is 2. The fraction of sp³-hybridized carbons (Fsp3) is 0.562. The number of hydrogen-bond donors (Lipinski definition) is 2. The molecule has 5 nitrogen and oxygen atoms in total. The highest BCUT2D eigenvalue weighted by molar-refractivity contribution is 6.32. The largest absolute Gasteiger partial charge is 0.495 e. The van der Waals surface area contributed by atoms with Crippen molar-refractivity contribution in [2.45, 2.75) is 32.6 Å². The summed E-state index contributed by atoms with van der Waals surface area (Å²) in [5, 5.41) is 6.57. The van der Waals surface area contributed by atoms with E-state index in [4.69, 9.17) is 21.1 Å². The Kier molecular flexibility index (Phi) is 8.51. The molecule has 0 atom stereocenters. The Bertz CT molecular complexity index is 481. The van der Waals surface area contributed by atoms with Gasteiger partial charge in [-0.25, -0.2) is 0 Å². The van der Waals surface area contributed by atoms with Crippen molar-refractivity contribution < 1.29 is 14.3 Å². The first-order chi connectivity index (χ1) is 10.6. The third kappa shape index (κ3) is 6.02. The predicted octanol–water partition coefficient (Wildman–Crippen LogP) is 3.47. The highest BCUT2D eigenvalue weighted by Gasteiger charge is 2.10. The number of nitrogens with one attached hydrogen (secondary N) is 2. The number of methoxy groups -OCH3 is 2. The highest BCUT2D eigenvalue weighted by atomic mass is 35.5. The summed E-state index contributed by atoms with van der Waals surface area (Å²) >= 11 is 6.05. The molecule has 0 aliphatic carbocycles. The number of ether oxygens (including phenoxy) is 2. The molecule has 0 aliphatic heterocycles. The zero-order chi connectivity index (χ0) is 16.4. The van der Waals surface area contributed by atoms with Crippen LogP contribution in [-0.4, -0.2) is 33.2 Å². The molecule has 1 aromatic rings. The topological polar surface area (TPSA) is 59.6 Å². The van der Waals surface area contributed by atoms with E-state index in [2.05, 4.69) is 17.6 Å². The summed E-state index contributed by atoms with van der Waals surface area (Å²) in [4.78, 5) is 11.7. The standard InChI is InChI=1S/C16H25ClN2O3/c1-4-5-6-8-19-16(20)7-9-18-13-11-14(21-2)12(17)10-15(13)22-3/h10-11,18H,4-9H2,1-3H3,(H,19,20). The van der Waals surface area contributed by atoms with Gasteiger partial charge in [0.15, 0.2) is 0 Å². The average Bonchev–Trinajstić information content (AvgIpc) is 2.52. The van der Waals surface area contributed by atoms with Crippen LogP contribution in [0.25, 0.3) is 0 Å². The lowest BCUT2D eigenvalue weighted by Gasteiger charge is -2.14. The molecule has 22 heavy (non-hydrogen) atoms. The number of rotatable bonds is 10. The van der Waals surface area contributed by atoms with Crippen LogP contribution >= 0.6 is 11.6 Å². The minimum atomic E-state index is 0.0449. The predicted molar refractivity (Wildman–Crippen MR) is 90.2 cm³/mol. The minimum Gasteiger partial charge on any atom is -0.495 e. The van der Waals surface area contributed by atoms with Crippen molar-refractivity contribution >= 4 is 23.2 Å². The second-order valence-corrected chi connectivity index (χ2v) is 5.33. The lowest BCUT2D eigenvalue weighted by atomic mass is 10.2. The SMILES string of the molecule is CCCCCNC(=O)CCNc1cc(OC)c(Cl)cc1OC. The Morgan fingerprint density at radius 2 is 1.86 bits per heavy atom. The molecule has 6 heteroatoms. The maximum atomic E-state index is 11.7. The van der Waals surface area contributed by atoms with Gasteiger partial charge < -0.3 is 20.1 Å². The fourth-order valence-corrected chi connectivity index (χ4v) is 2.23. The van der Waals surface area contributed by atoms with Crippen LogP contribution < -0.4 is 20.1 Å². The Balaban J connectivity index is 2.45. The molecule has 0 aromatic heterocycles. The van der Waals surface area contributed by atoms with Gasteiger partial charge in [0.25, 0.3) is 0 Å².